The minimum absolute atomic E-state index is 0.155. The van der Waals surface area contributed by atoms with Gasteiger partial charge in [-0.05, 0) is 43.5 Å². The third-order valence-electron chi connectivity index (χ3n) is 7.53. The van der Waals surface area contributed by atoms with Gasteiger partial charge >= 0.3 is 0 Å². The van der Waals surface area contributed by atoms with Gasteiger partial charge in [-0.25, -0.2) is 9.67 Å². The smallest absolute Gasteiger partial charge is 0.165 e. The fraction of sp³-hybridized carbons (Fsp3) is 0.333. The number of aromatic nitrogens is 2. The van der Waals surface area contributed by atoms with Crippen molar-refractivity contribution in [3.8, 4) is 5.69 Å². The van der Waals surface area contributed by atoms with Gasteiger partial charge in [-0.1, -0.05) is 62.1 Å². The monoisotopic (exact) mass is 487 g/mol. The fourth-order valence-corrected chi connectivity index (χ4v) is 11.0. The zero-order chi connectivity index (χ0) is 23.7. The Balaban J connectivity index is 1.64. The average Bonchev–Trinajstić information content (AvgIpc) is 3.54. The Labute approximate surface area is 206 Å². The first-order valence-corrected chi connectivity index (χ1v) is 14.7. The molecule has 3 aromatic rings. The van der Waals surface area contributed by atoms with E-state index in [0.29, 0.717) is 0 Å². The standard InChI is InChI=1S/C27H30N5PS/c1-19-24-26(32(29-19)20-12-6-5-7-13-20)28-18-23(33(24,34)31-16-10-11-17-31)25-27(2,3)21-14-8-9-15-22(21)30(25)4/h5-9,12-15,18H,10-11,16-17H2,1-4H3/b25-23-. The van der Waals surface area contributed by atoms with Crippen LogP contribution < -0.4 is 10.2 Å². The molecule has 3 aliphatic rings. The third-order valence-corrected chi connectivity index (χ3v) is 12.7. The van der Waals surface area contributed by atoms with E-state index < -0.39 is 6.19 Å². The normalized spacial score (nSPS) is 25.6. The molecule has 3 aliphatic heterocycles. The van der Waals surface area contributed by atoms with Gasteiger partial charge in [0.2, 0.25) is 0 Å². The summed E-state index contributed by atoms with van der Waals surface area (Å²) in [5.74, 6) is 0.902. The summed E-state index contributed by atoms with van der Waals surface area (Å²) in [7, 11) is 2.18. The van der Waals surface area contributed by atoms with Gasteiger partial charge in [0.15, 0.2) is 5.82 Å². The van der Waals surface area contributed by atoms with Crippen LogP contribution in [0.2, 0.25) is 0 Å². The lowest BCUT2D eigenvalue weighted by molar-refractivity contribution is 0.570. The van der Waals surface area contributed by atoms with Gasteiger partial charge < -0.3 is 4.90 Å². The quantitative estimate of drug-likeness (QED) is 0.438. The Morgan fingerprint density at radius 3 is 2.35 bits per heavy atom. The number of hydrogen-bond acceptors (Lipinski definition) is 4. The molecule has 0 N–H and O–H groups in total. The first-order valence-electron chi connectivity index (χ1n) is 12.0. The van der Waals surface area contributed by atoms with E-state index in [-0.39, 0.29) is 5.41 Å². The van der Waals surface area contributed by atoms with Crippen LogP contribution in [0.4, 0.5) is 11.5 Å². The number of para-hydroxylation sites is 2. The Morgan fingerprint density at radius 2 is 1.65 bits per heavy atom. The maximum absolute atomic E-state index is 6.85. The number of aryl methyl sites for hydroxylation is 1. The lowest BCUT2D eigenvalue weighted by atomic mass is 9.84. The van der Waals surface area contributed by atoms with Crippen LogP contribution in [0.5, 0.6) is 0 Å². The van der Waals surface area contributed by atoms with Crippen LogP contribution in [0.3, 0.4) is 0 Å². The SMILES string of the molecule is Cc1nn(-c2ccccc2)c2c1P(=S)(N1CCCC1)/C(=C1\N(C)c3ccccc3C1(C)C)C=N2. The van der Waals surface area contributed by atoms with Crippen molar-refractivity contribution in [3.63, 3.8) is 0 Å². The molecule has 6 rings (SSSR count). The zero-order valence-electron chi connectivity index (χ0n) is 20.2. The summed E-state index contributed by atoms with van der Waals surface area (Å²) in [6, 6.07) is 19.0. The van der Waals surface area contributed by atoms with Gasteiger partial charge in [0.05, 0.1) is 22.9 Å². The van der Waals surface area contributed by atoms with Crippen LogP contribution >= 0.6 is 6.19 Å². The predicted molar refractivity (Wildman–Crippen MR) is 146 cm³/mol. The summed E-state index contributed by atoms with van der Waals surface area (Å²) in [6.07, 6.45) is 2.15. The Hall–Kier alpha value is -2.53. The molecule has 1 atom stereocenters. The molecule has 0 bridgehead atoms. The van der Waals surface area contributed by atoms with Crippen molar-refractivity contribution in [2.75, 3.05) is 25.0 Å². The van der Waals surface area contributed by atoms with Crippen molar-refractivity contribution in [2.45, 2.75) is 39.0 Å². The van der Waals surface area contributed by atoms with Crippen LogP contribution in [0, 0.1) is 6.92 Å². The Morgan fingerprint density at radius 1 is 0.971 bits per heavy atom. The highest BCUT2D eigenvalue weighted by molar-refractivity contribution is 8.19. The minimum Gasteiger partial charge on any atom is -0.346 e. The molecule has 0 saturated carbocycles. The van der Waals surface area contributed by atoms with Gasteiger partial charge in [0.1, 0.15) is 0 Å². The van der Waals surface area contributed by atoms with Crippen molar-refractivity contribution in [3.05, 3.63) is 76.9 Å². The van der Waals surface area contributed by atoms with Crippen molar-refractivity contribution in [1.82, 2.24) is 14.5 Å². The zero-order valence-corrected chi connectivity index (χ0v) is 21.9. The lowest BCUT2D eigenvalue weighted by Crippen LogP contribution is -2.32. The molecule has 0 aliphatic carbocycles. The molecule has 2 aromatic carbocycles. The molecule has 7 heteroatoms. The predicted octanol–water partition coefficient (Wildman–Crippen LogP) is 5.65. The van der Waals surface area contributed by atoms with E-state index in [1.165, 1.54) is 40.4 Å². The van der Waals surface area contributed by atoms with Crippen molar-refractivity contribution < 1.29 is 0 Å². The molecule has 1 unspecified atom stereocenters. The minimum atomic E-state index is -2.32. The van der Waals surface area contributed by atoms with E-state index in [9.17, 15) is 0 Å². The maximum atomic E-state index is 6.85. The van der Waals surface area contributed by atoms with Crippen LogP contribution in [-0.4, -0.2) is 40.8 Å². The summed E-state index contributed by atoms with van der Waals surface area (Å²) in [4.78, 5) is 7.43. The van der Waals surface area contributed by atoms with Crippen molar-refractivity contribution in [1.29, 1.82) is 0 Å². The first kappa shape index (κ1) is 22.0. The molecule has 0 radical (unpaired) electrons. The molecule has 174 valence electrons. The Kier molecular flexibility index (Phi) is 5.00. The summed E-state index contributed by atoms with van der Waals surface area (Å²) in [5.41, 5.74) is 5.75. The summed E-state index contributed by atoms with van der Waals surface area (Å²) in [5, 5.41) is 7.37. The average molecular weight is 488 g/mol. The number of likely N-dealkylation sites (N-methyl/N-ethyl adjacent to an activating group) is 1. The fourth-order valence-electron chi connectivity index (χ4n) is 5.98. The molecule has 5 nitrogen and oxygen atoms in total. The molecule has 0 amide bonds. The highest BCUT2D eigenvalue weighted by Gasteiger charge is 2.48. The second-order valence-corrected chi connectivity index (χ2v) is 14.2. The number of fused-ring (bicyclic) bond motifs is 2. The van der Waals surface area contributed by atoms with E-state index in [1.807, 2.05) is 22.9 Å². The van der Waals surface area contributed by atoms with Gasteiger partial charge in [-0.3, -0.25) is 4.67 Å². The second kappa shape index (κ2) is 7.74. The molecule has 0 spiro atoms. The lowest BCUT2D eigenvalue weighted by Gasteiger charge is -2.39. The number of benzene rings is 2. The molecule has 4 heterocycles. The number of aliphatic imine (C=N–C) groups is 1. The van der Waals surface area contributed by atoms with E-state index in [1.54, 1.807) is 0 Å². The first-order chi connectivity index (χ1) is 16.3. The second-order valence-electron chi connectivity index (χ2n) is 9.93. The van der Waals surface area contributed by atoms with E-state index in [0.717, 1.165) is 30.3 Å². The molecular weight excluding hydrogens is 457 g/mol. The Bertz CT molecular complexity index is 1400. The highest BCUT2D eigenvalue weighted by atomic mass is 32.4. The highest BCUT2D eigenvalue weighted by Crippen LogP contribution is 2.65. The number of anilines is 1. The summed E-state index contributed by atoms with van der Waals surface area (Å²) < 4.78 is 4.57. The van der Waals surface area contributed by atoms with Crippen LogP contribution in [0.25, 0.3) is 5.69 Å². The van der Waals surface area contributed by atoms with E-state index in [4.69, 9.17) is 21.9 Å². The van der Waals surface area contributed by atoms with Gasteiger partial charge in [0.25, 0.3) is 0 Å². The van der Waals surface area contributed by atoms with Crippen molar-refractivity contribution >= 4 is 41.0 Å². The molecule has 1 aromatic heterocycles. The largest absolute Gasteiger partial charge is 0.346 e. The number of hydrogen-bond donors (Lipinski definition) is 0. The number of nitrogens with zero attached hydrogens (tertiary/aromatic N) is 5. The third kappa shape index (κ3) is 2.92. The van der Waals surface area contributed by atoms with Crippen molar-refractivity contribution in [2.24, 2.45) is 4.99 Å². The topological polar surface area (TPSA) is 36.7 Å². The van der Waals surface area contributed by atoms with Crippen LogP contribution in [-0.2, 0) is 17.2 Å². The molecule has 1 fully saturated rings. The summed E-state index contributed by atoms with van der Waals surface area (Å²) in [6.45, 7) is 8.83. The van der Waals surface area contributed by atoms with Gasteiger partial charge in [-0.15, -0.1) is 0 Å². The number of allylic oxidation sites excluding steroid dienone is 2. The maximum Gasteiger partial charge on any atom is 0.165 e. The van der Waals surface area contributed by atoms with E-state index >= 15 is 0 Å². The molecule has 1 saturated heterocycles. The van der Waals surface area contributed by atoms with Gasteiger partial charge in [-0.2, -0.15) is 5.10 Å². The van der Waals surface area contributed by atoms with E-state index in [2.05, 4.69) is 80.0 Å². The summed E-state index contributed by atoms with van der Waals surface area (Å²) >= 11 is 6.85. The molecular formula is C27H30N5PS. The number of rotatable bonds is 2. The molecule has 34 heavy (non-hydrogen) atoms. The van der Waals surface area contributed by atoms with Crippen LogP contribution in [0.1, 0.15) is 37.9 Å². The van der Waals surface area contributed by atoms with Gasteiger partial charge in [0, 0.05) is 48.5 Å². The van der Waals surface area contributed by atoms with Crippen LogP contribution in [0.15, 0.2) is 70.6 Å².